The van der Waals surface area contributed by atoms with Crippen molar-refractivity contribution in [2.75, 3.05) is 20.1 Å². The highest BCUT2D eigenvalue weighted by molar-refractivity contribution is 5.94. The van der Waals surface area contributed by atoms with E-state index in [9.17, 15) is 14.4 Å². The second kappa shape index (κ2) is 8.71. The molecule has 1 aliphatic rings. The number of hydrogen-bond acceptors (Lipinski definition) is 4. The van der Waals surface area contributed by atoms with E-state index >= 15 is 0 Å². The Bertz CT molecular complexity index is 1170. The zero-order valence-electron chi connectivity index (χ0n) is 17.8. The van der Waals surface area contributed by atoms with Crippen molar-refractivity contribution in [1.82, 2.24) is 19.8 Å². The number of piperidine rings is 1. The molecule has 3 aromatic rings. The lowest BCUT2D eigenvalue weighted by Crippen LogP contribution is -2.45. The van der Waals surface area contributed by atoms with Crippen molar-refractivity contribution in [3.8, 4) is 0 Å². The summed E-state index contributed by atoms with van der Waals surface area (Å²) >= 11 is 0. The van der Waals surface area contributed by atoms with Gasteiger partial charge in [-0.2, -0.15) is 0 Å². The maximum Gasteiger partial charge on any atom is 0.258 e. The third-order valence-corrected chi connectivity index (χ3v) is 5.78. The standard InChI is InChI=1S/C24H26N4O3/c1-16-9-11-17(12-10-16)24(31)28-13-5-6-18(14-28)23(30)27(2)15-21-25-20-8-4-3-7-19(20)22(29)26-21/h3-4,7-12,18H,5-6,13-15H2,1-2H3,(H,25,26,29)/t18-/m0/s1. The summed E-state index contributed by atoms with van der Waals surface area (Å²) in [5.41, 5.74) is 2.14. The van der Waals surface area contributed by atoms with Crippen LogP contribution in [0, 0.1) is 12.8 Å². The smallest absolute Gasteiger partial charge is 0.258 e. The molecule has 1 aliphatic heterocycles. The van der Waals surface area contributed by atoms with Crippen LogP contribution >= 0.6 is 0 Å². The Labute approximate surface area is 180 Å². The molecule has 0 bridgehead atoms. The lowest BCUT2D eigenvalue weighted by atomic mass is 9.96. The summed E-state index contributed by atoms with van der Waals surface area (Å²) in [4.78, 5) is 48.8. The molecule has 0 unspecified atom stereocenters. The maximum absolute atomic E-state index is 13.1. The molecule has 2 amide bonds. The maximum atomic E-state index is 13.1. The Balaban J connectivity index is 1.44. The molecule has 0 radical (unpaired) electrons. The van der Waals surface area contributed by atoms with Crippen LogP contribution in [0.25, 0.3) is 10.9 Å². The van der Waals surface area contributed by atoms with Gasteiger partial charge in [-0.15, -0.1) is 0 Å². The number of nitrogens with one attached hydrogen (secondary N) is 1. The summed E-state index contributed by atoms with van der Waals surface area (Å²) in [7, 11) is 1.71. The second-order valence-corrected chi connectivity index (χ2v) is 8.18. The largest absolute Gasteiger partial charge is 0.338 e. The molecule has 1 aromatic heterocycles. The summed E-state index contributed by atoms with van der Waals surface area (Å²) in [6, 6.07) is 14.6. The van der Waals surface area contributed by atoms with Crippen LogP contribution in [-0.4, -0.2) is 51.7 Å². The molecule has 1 saturated heterocycles. The number of amides is 2. The molecule has 160 valence electrons. The number of carbonyl (C=O) groups excluding carboxylic acids is 2. The van der Waals surface area contributed by atoms with Gasteiger partial charge < -0.3 is 14.8 Å². The highest BCUT2D eigenvalue weighted by Gasteiger charge is 2.30. The number of hydrogen-bond donors (Lipinski definition) is 1. The van der Waals surface area contributed by atoms with Gasteiger partial charge in [0.2, 0.25) is 5.91 Å². The van der Waals surface area contributed by atoms with E-state index in [4.69, 9.17) is 0 Å². The topological polar surface area (TPSA) is 86.4 Å². The minimum absolute atomic E-state index is 0.0410. The Morgan fingerprint density at radius 3 is 2.68 bits per heavy atom. The number of aryl methyl sites for hydroxylation is 1. The van der Waals surface area contributed by atoms with Crippen LogP contribution in [0.2, 0.25) is 0 Å². The molecular formula is C24H26N4O3. The molecule has 0 aliphatic carbocycles. The van der Waals surface area contributed by atoms with Gasteiger partial charge in [0.25, 0.3) is 11.5 Å². The fourth-order valence-electron chi connectivity index (χ4n) is 4.07. The van der Waals surface area contributed by atoms with Crippen molar-refractivity contribution >= 4 is 22.7 Å². The number of para-hydroxylation sites is 1. The minimum Gasteiger partial charge on any atom is -0.338 e. The normalized spacial score (nSPS) is 16.3. The molecule has 7 nitrogen and oxygen atoms in total. The van der Waals surface area contributed by atoms with Crippen molar-refractivity contribution < 1.29 is 9.59 Å². The van der Waals surface area contributed by atoms with Crippen LogP contribution < -0.4 is 5.56 Å². The molecule has 0 spiro atoms. The van der Waals surface area contributed by atoms with E-state index in [0.717, 1.165) is 18.4 Å². The number of nitrogens with zero attached hydrogens (tertiary/aromatic N) is 3. The molecule has 0 saturated carbocycles. The van der Waals surface area contributed by atoms with Gasteiger partial charge in [0, 0.05) is 25.7 Å². The minimum atomic E-state index is -0.264. The first-order valence-electron chi connectivity index (χ1n) is 10.5. The quantitative estimate of drug-likeness (QED) is 0.706. The van der Waals surface area contributed by atoms with E-state index in [1.54, 1.807) is 35.0 Å². The highest BCUT2D eigenvalue weighted by atomic mass is 16.2. The first-order valence-corrected chi connectivity index (χ1v) is 10.5. The van der Waals surface area contributed by atoms with Crippen molar-refractivity contribution in [2.45, 2.75) is 26.3 Å². The molecule has 1 N–H and O–H groups in total. The lowest BCUT2D eigenvalue weighted by molar-refractivity contribution is -0.136. The second-order valence-electron chi connectivity index (χ2n) is 8.18. The van der Waals surface area contributed by atoms with Gasteiger partial charge in [0.15, 0.2) is 0 Å². The zero-order chi connectivity index (χ0) is 22.0. The van der Waals surface area contributed by atoms with Crippen LogP contribution in [0.3, 0.4) is 0 Å². The SMILES string of the molecule is Cc1ccc(C(=O)N2CCC[C@H](C(=O)N(C)Cc3nc4ccccc4c(=O)[nH]3)C2)cc1. The third kappa shape index (κ3) is 4.50. The average molecular weight is 418 g/mol. The van der Waals surface area contributed by atoms with Gasteiger partial charge >= 0.3 is 0 Å². The Morgan fingerprint density at radius 2 is 1.90 bits per heavy atom. The Morgan fingerprint density at radius 1 is 1.16 bits per heavy atom. The van der Waals surface area contributed by atoms with E-state index in [-0.39, 0.29) is 29.8 Å². The highest BCUT2D eigenvalue weighted by Crippen LogP contribution is 2.21. The van der Waals surface area contributed by atoms with E-state index in [1.807, 2.05) is 37.3 Å². The number of carbonyl (C=O) groups is 2. The molecule has 1 fully saturated rings. The van der Waals surface area contributed by atoms with E-state index in [2.05, 4.69) is 9.97 Å². The van der Waals surface area contributed by atoms with Crippen LogP contribution in [-0.2, 0) is 11.3 Å². The van der Waals surface area contributed by atoms with Crippen LogP contribution in [0.5, 0.6) is 0 Å². The average Bonchev–Trinajstić information content (AvgIpc) is 2.78. The molecule has 1 atom stereocenters. The molecule has 2 heterocycles. The Hall–Kier alpha value is -3.48. The first kappa shape index (κ1) is 20.8. The molecule has 7 heteroatoms. The van der Waals surface area contributed by atoms with Gasteiger partial charge in [0.1, 0.15) is 5.82 Å². The zero-order valence-corrected chi connectivity index (χ0v) is 17.8. The Kier molecular flexibility index (Phi) is 5.84. The first-order chi connectivity index (χ1) is 14.9. The monoisotopic (exact) mass is 418 g/mol. The number of likely N-dealkylation sites (tertiary alicyclic amines) is 1. The summed E-state index contributed by atoms with van der Waals surface area (Å²) in [6.07, 6.45) is 1.52. The van der Waals surface area contributed by atoms with Crippen molar-refractivity contribution in [3.05, 3.63) is 75.8 Å². The summed E-state index contributed by atoms with van der Waals surface area (Å²) < 4.78 is 0. The van der Waals surface area contributed by atoms with Gasteiger partial charge in [-0.05, 0) is 44.0 Å². The van der Waals surface area contributed by atoms with E-state index in [1.165, 1.54) is 0 Å². The van der Waals surface area contributed by atoms with Crippen molar-refractivity contribution in [1.29, 1.82) is 0 Å². The molecule has 4 rings (SSSR count). The van der Waals surface area contributed by atoms with E-state index in [0.29, 0.717) is 35.4 Å². The lowest BCUT2D eigenvalue weighted by Gasteiger charge is -2.34. The van der Waals surface area contributed by atoms with Crippen molar-refractivity contribution in [3.63, 3.8) is 0 Å². The number of H-pyrrole nitrogens is 1. The molecule has 31 heavy (non-hydrogen) atoms. The van der Waals surface area contributed by atoms with E-state index < -0.39 is 0 Å². The summed E-state index contributed by atoms with van der Waals surface area (Å²) in [5, 5.41) is 0.526. The van der Waals surface area contributed by atoms with Crippen LogP contribution in [0.1, 0.15) is 34.6 Å². The fourth-order valence-corrected chi connectivity index (χ4v) is 4.07. The number of rotatable bonds is 4. The number of fused-ring (bicyclic) bond motifs is 1. The number of aromatic amines is 1. The third-order valence-electron chi connectivity index (χ3n) is 5.78. The molecule has 2 aromatic carbocycles. The van der Waals surface area contributed by atoms with Gasteiger partial charge in [-0.1, -0.05) is 29.8 Å². The predicted octanol–water partition coefficient (Wildman–Crippen LogP) is 2.74. The summed E-state index contributed by atoms with van der Waals surface area (Å²) in [5.74, 6) is 0.0983. The molecular weight excluding hydrogens is 392 g/mol. The van der Waals surface area contributed by atoms with Gasteiger partial charge in [0.05, 0.1) is 23.4 Å². The fraction of sp³-hybridized carbons (Fsp3) is 0.333. The predicted molar refractivity (Wildman–Crippen MR) is 119 cm³/mol. The van der Waals surface area contributed by atoms with Gasteiger partial charge in [-0.3, -0.25) is 14.4 Å². The summed E-state index contributed by atoms with van der Waals surface area (Å²) in [6.45, 7) is 3.25. The number of benzene rings is 2. The van der Waals surface area contributed by atoms with Crippen LogP contribution in [0.4, 0.5) is 0 Å². The van der Waals surface area contributed by atoms with Gasteiger partial charge in [-0.25, -0.2) is 4.98 Å². The number of aromatic nitrogens is 2. The van der Waals surface area contributed by atoms with Crippen LogP contribution in [0.15, 0.2) is 53.3 Å². The van der Waals surface area contributed by atoms with Crippen molar-refractivity contribution in [2.24, 2.45) is 5.92 Å².